The smallest absolute Gasteiger partial charge is 0.257 e. The third-order valence-corrected chi connectivity index (χ3v) is 6.48. The van der Waals surface area contributed by atoms with Crippen LogP contribution >= 0.6 is 0 Å². The van der Waals surface area contributed by atoms with Gasteiger partial charge in [-0.05, 0) is 55.3 Å². The molecule has 144 valence electrons. The van der Waals surface area contributed by atoms with E-state index in [1.165, 1.54) is 22.6 Å². The number of hydrogen-bond acceptors (Lipinski definition) is 5. The zero-order valence-electron chi connectivity index (χ0n) is 15.0. The number of anilines is 1. The van der Waals surface area contributed by atoms with E-state index in [2.05, 4.69) is 15.4 Å². The highest BCUT2D eigenvalue weighted by atomic mass is 32.2. The highest BCUT2D eigenvalue weighted by Crippen LogP contribution is 2.22. The van der Waals surface area contributed by atoms with Crippen LogP contribution in [-0.2, 0) is 10.0 Å². The van der Waals surface area contributed by atoms with Gasteiger partial charge in [0.25, 0.3) is 5.91 Å². The molecule has 4 rings (SSSR count). The van der Waals surface area contributed by atoms with Crippen molar-refractivity contribution in [1.82, 2.24) is 19.1 Å². The zero-order chi connectivity index (χ0) is 19.6. The number of sulfonamides is 1. The second-order valence-electron chi connectivity index (χ2n) is 6.45. The Hall–Kier alpha value is -3.04. The van der Waals surface area contributed by atoms with E-state index in [4.69, 9.17) is 0 Å². The van der Waals surface area contributed by atoms with Crippen molar-refractivity contribution in [2.45, 2.75) is 17.7 Å². The predicted molar refractivity (Wildman–Crippen MR) is 104 cm³/mol. The Morgan fingerprint density at radius 1 is 1.04 bits per heavy atom. The van der Waals surface area contributed by atoms with Crippen molar-refractivity contribution in [2.24, 2.45) is 0 Å². The molecule has 0 atom stereocenters. The van der Waals surface area contributed by atoms with E-state index in [-0.39, 0.29) is 10.8 Å². The lowest BCUT2D eigenvalue weighted by Crippen LogP contribution is -2.27. The van der Waals surface area contributed by atoms with Crippen LogP contribution in [0.3, 0.4) is 0 Å². The summed E-state index contributed by atoms with van der Waals surface area (Å²) in [6.07, 6.45) is 6.66. The first-order valence-electron chi connectivity index (χ1n) is 8.92. The number of amides is 1. The van der Waals surface area contributed by atoms with Crippen LogP contribution in [0, 0.1) is 0 Å². The Morgan fingerprint density at radius 2 is 1.79 bits per heavy atom. The van der Waals surface area contributed by atoms with Gasteiger partial charge < -0.3 is 5.32 Å². The van der Waals surface area contributed by atoms with Crippen LogP contribution in [0.1, 0.15) is 23.2 Å². The fourth-order valence-corrected chi connectivity index (χ4v) is 4.57. The van der Waals surface area contributed by atoms with Crippen molar-refractivity contribution in [1.29, 1.82) is 0 Å². The van der Waals surface area contributed by atoms with Gasteiger partial charge in [0.15, 0.2) is 5.82 Å². The summed E-state index contributed by atoms with van der Waals surface area (Å²) in [7, 11) is -3.46. The lowest BCUT2D eigenvalue weighted by molar-refractivity contribution is 0.102. The van der Waals surface area contributed by atoms with Gasteiger partial charge in [0.2, 0.25) is 10.0 Å². The molecule has 0 radical (unpaired) electrons. The number of carbonyl (C=O) groups is 1. The van der Waals surface area contributed by atoms with E-state index < -0.39 is 10.0 Å². The molecule has 1 aliphatic rings. The molecule has 1 fully saturated rings. The first-order valence-corrected chi connectivity index (χ1v) is 10.4. The van der Waals surface area contributed by atoms with Crippen molar-refractivity contribution >= 4 is 21.6 Å². The quantitative estimate of drug-likeness (QED) is 0.712. The van der Waals surface area contributed by atoms with Crippen LogP contribution in [-0.4, -0.2) is 46.5 Å². The Balaban J connectivity index is 1.45. The van der Waals surface area contributed by atoms with E-state index >= 15 is 0 Å². The molecule has 2 aromatic heterocycles. The maximum atomic E-state index is 12.5. The van der Waals surface area contributed by atoms with E-state index in [1.54, 1.807) is 47.4 Å². The van der Waals surface area contributed by atoms with E-state index in [0.29, 0.717) is 30.2 Å². The minimum atomic E-state index is -3.46. The number of aromatic nitrogens is 3. The molecule has 1 amide bonds. The fourth-order valence-electron chi connectivity index (χ4n) is 3.05. The van der Waals surface area contributed by atoms with E-state index in [0.717, 1.165) is 12.8 Å². The highest BCUT2D eigenvalue weighted by Gasteiger charge is 2.26. The van der Waals surface area contributed by atoms with Gasteiger partial charge in [0.1, 0.15) is 0 Å². The topological polar surface area (TPSA) is 97.2 Å². The summed E-state index contributed by atoms with van der Waals surface area (Å²) in [6, 6.07) is 11.4. The first-order chi connectivity index (χ1) is 13.5. The summed E-state index contributed by atoms with van der Waals surface area (Å²) < 4.78 is 28.2. The van der Waals surface area contributed by atoms with Crippen LogP contribution < -0.4 is 5.32 Å². The Morgan fingerprint density at radius 3 is 2.39 bits per heavy atom. The second-order valence-corrected chi connectivity index (χ2v) is 8.38. The summed E-state index contributed by atoms with van der Waals surface area (Å²) in [5.74, 6) is 0.285. The summed E-state index contributed by atoms with van der Waals surface area (Å²) in [4.78, 5) is 16.9. The van der Waals surface area contributed by atoms with Crippen molar-refractivity contribution in [3.63, 3.8) is 0 Å². The molecule has 28 heavy (non-hydrogen) atoms. The fraction of sp³-hybridized carbons (Fsp3) is 0.211. The largest absolute Gasteiger partial charge is 0.322 e. The average Bonchev–Trinajstić information content (AvgIpc) is 3.43. The van der Waals surface area contributed by atoms with Gasteiger partial charge in [0.05, 0.1) is 10.5 Å². The molecule has 1 aliphatic heterocycles. The molecule has 3 aromatic rings. The van der Waals surface area contributed by atoms with Crippen LogP contribution in [0.5, 0.6) is 0 Å². The minimum Gasteiger partial charge on any atom is -0.322 e. The maximum Gasteiger partial charge on any atom is 0.257 e. The van der Waals surface area contributed by atoms with Crippen LogP contribution in [0.4, 0.5) is 5.69 Å². The standard InChI is InChI=1S/C19H19N5O3S/c25-19(15-4-9-18(20-14-15)24-13-3-10-21-24)22-16-5-7-17(8-6-16)28(26,27)23-11-1-2-12-23/h3-10,13-14H,1-2,11-12H2,(H,22,25). The molecule has 0 saturated carbocycles. The number of benzene rings is 1. The van der Waals surface area contributed by atoms with Gasteiger partial charge in [-0.2, -0.15) is 9.40 Å². The molecule has 8 nitrogen and oxygen atoms in total. The monoisotopic (exact) mass is 397 g/mol. The minimum absolute atomic E-state index is 0.234. The number of nitrogens with zero attached hydrogens (tertiary/aromatic N) is 4. The lowest BCUT2D eigenvalue weighted by atomic mass is 10.2. The number of rotatable bonds is 5. The second kappa shape index (κ2) is 7.53. The lowest BCUT2D eigenvalue weighted by Gasteiger charge is -2.15. The van der Waals surface area contributed by atoms with Gasteiger partial charge in [-0.1, -0.05) is 0 Å². The molecule has 1 aromatic carbocycles. The predicted octanol–water partition coefficient (Wildman–Crippen LogP) is 2.30. The number of pyridine rings is 1. The van der Waals surface area contributed by atoms with Crippen LogP contribution in [0.15, 0.2) is 66.0 Å². The Labute approximate surface area is 162 Å². The van der Waals surface area contributed by atoms with Crippen LogP contribution in [0.25, 0.3) is 5.82 Å². The molecule has 0 spiro atoms. The third-order valence-electron chi connectivity index (χ3n) is 4.56. The van der Waals surface area contributed by atoms with E-state index in [9.17, 15) is 13.2 Å². The van der Waals surface area contributed by atoms with Crippen LogP contribution in [0.2, 0.25) is 0 Å². The summed E-state index contributed by atoms with van der Waals surface area (Å²) >= 11 is 0. The zero-order valence-corrected chi connectivity index (χ0v) is 15.8. The Kier molecular flexibility index (Phi) is 4.93. The third kappa shape index (κ3) is 3.67. The molecule has 1 N–H and O–H groups in total. The van der Waals surface area contributed by atoms with Gasteiger partial charge in [-0.3, -0.25) is 4.79 Å². The van der Waals surface area contributed by atoms with Gasteiger partial charge in [-0.25, -0.2) is 18.1 Å². The van der Waals surface area contributed by atoms with Crippen molar-refractivity contribution in [2.75, 3.05) is 18.4 Å². The van der Waals surface area contributed by atoms with Crippen molar-refractivity contribution < 1.29 is 13.2 Å². The molecular weight excluding hydrogens is 378 g/mol. The SMILES string of the molecule is O=C(Nc1ccc(S(=O)(=O)N2CCCC2)cc1)c1ccc(-n2cccn2)nc1. The number of hydrogen-bond donors (Lipinski definition) is 1. The van der Waals surface area contributed by atoms with Crippen molar-refractivity contribution in [3.8, 4) is 5.82 Å². The molecular formula is C19H19N5O3S. The highest BCUT2D eigenvalue weighted by molar-refractivity contribution is 7.89. The molecule has 0 bridgehead atoms. The van der Waals surface area contributed by atoms with Gasteiger partial charge in [-0.15, -0.1) is 0 Å². The maximum absolute atomic E-state index is 12.5. The molecule has 0 unspecified atom stereocenters. The molecule has 1 saturated heterocycles. The summed E-state index contributed by atoms with van der Waals surface area (Å²) in [5, 5.41) is 6.84. The first kappa shape index (κ1) is 18.3. The molecule has 3 heterocycles. The normalized spacial score (nSPS) is 14.9. The van der Waals surface area contributed by atoms with Gasteiger partial charge in [0, 0.05) is 37.4 Å². The summed E-state index contributed by atoms with van der Waals surface area (Å²) in [6.45, 7) is 1.12. The summed E-state index contributed by atoms with van der Waals surface area (Å²) in [5.41, 5.74) is 0.909. The number of carbonyl (C=O) groups excluding carboxylic acids is 1. The van der Waals surface area contributed by atoms with Crippen molar-refractivity contribution in [3.05, 3.63) is 66.6 Å². The molecule has 9 heteroatoms. The average molecular weight is 397 g/mol. The Bertz CT molecular complexity index is 1060. The molecule has 0 aliphatic carbocycles. The number of nitrogens with one attached hydrogen (secondary N) is 1. The van der Waals surface area contributed by atoms with Gasteiger partial charge >= 0.3 is 0 Å². The van der Waals surface area contributed by atoms with E-state index in [1.807, 2.05) is 0 Å².